The lowest BCUT2D eigenvalue weighted by Gasteiger charge is -2.16. The third kappa shape index (κ3) is 2.43. The molecule has 1 aromatic rings. The molecule has 2 aliphatic heterocycles. The number of hydrogen-bond acceptors (Lipinski definition) is 4. The molecule has 1 amide bonds. The Morgan fingerprint density at radius 1 is 1.45 bits per heavy atom. The maximum Gasteiger partial charge on any atom is 0.256 e. The minimum absolute atomic E-state index is 0.156. The molecular formula is C14H18ClN3O2. The van der Waals surface area contributed by atoms with Gasteiger partial charge >= 0.3 is 0 Å². The first-order valence-electron chi connectivity index (χ1n) is 6.91. The molecule has 0 spiro atoms. The molecule has 0 aromatic heterocycles. The summed E-state index contributed by atoms with van der Waals surface area (Å²) in [5, 5.41) is 3.34. The molecule has 0 unspecified atom stereocenters. The van der Waals surface area contributed by atoms with Crippen LogP contribution in [0.1, 0.15) is 28.8 Å². The third-order valence-corrected chi connectivity index (χ3v) is 4.19. The van der Waals surface area contributed by atoms with Crippen LogP contribution in [0.5, 0.6) is 5.75 Å². The molecule has 0 saturated carbocycles. The monoisotopic (exact) mass is 295 g/mol. The Bertz CT molecular complexity index is 542. The highest BCUT2D eigenvalue weighted by molar-refractivity contribution is 6.33. The second-order valence-electron chi connectivity index (χ2n) is 5.21. The van der Waals surface area contributed by atoms with Crippen molar-refractivity contribution in [2.24, 2.45) is 0 Å². The normalized spacial score (nSPS) is 17.9. The van der Waals surface area contributed by atoms with Crippen LogP contribution < -0.4 is 15.8 Å². The minimum atomic E-state index is -0.156. The highest BCUT2D eigenvalue weighted by atomic mass is 35.5. The van der Waals surface area contributed by atoms with Crippen molar-refractivity contribution in [2.45, 2.75) is 19.3 Å². The first-order valence-corrected chi connectivity index (χ1v) is 7.29. The molecular weight excluding hydrogens is 278 g/mol. The van der Waals surface area contributed by atoms with E-state index in [1.807, 2.05) is 0 Å². The number of fused-ring (bicyclic) bond motifs is 1. The number of halogens is 1. The second-order valence-corrected chi connectivity index (χ2v) is 5.62. The summed E-state index contributed by atoms with van der Waals surface area (Å²) in [7, 11) is 0. The lowest BCUT2D eigenvalue weighted by molar-refractivity contribution is 0.0926. The van der Waals surface area contributed by atoms with Gasteiger partial charge in [0.1, 0.15) is 5.75 Å². The van der Waals surface area contributed by atoms with E-state index < -0.39 is 0 Å². The lowest BCUT2D eigenvalue weighted by Crippen LogP contribution is -2.36. The van der Waals surface area contributed by atoms with E-state index >= 15 is 0 Å². The number of hydrogen-bond donors (Lipinski definition) is 2. The van der Waals surface area contributed by atoms with Crippen LogP contribution in [-0.2, 0) is 6.42 Å². The number of carbonyl (C=O) groups excluding carboxylic acids is 1. The fraction of sp³-hybridized carbons (Fsp3) is 0.500. The third-order valence-electron chi connectivity index (χ3n) is 3.88. The molecule has 108 valence electrons. The Morgan fingerprint density at radius 3 is 2.95 bits per heavy atom. The molecule has 6 heteroatoms. The van der Waals surface area contributed by atoms with Crippen molar-refractivity contribution < 1.29 is 9.53 Å². The molecule has 1 fully saturated rings. The van der Waals surface area contributed by atoms with Crippen LogP contribution in [0.4, 0.5) is 5.69 Å². The SMILES string of the molecule is Nc1c(Cl)cc(C(=O)NCN2CCCC2)c2c1CCO2. The lowest BCUT2D eigenvalue weighted by atomic mass is 10.1. The summed E-state index contributed by atoms with van der Waals surface area (Å²) in [6.45, 7) is 3.19. The van der Waals surface area contributed by atoms with Crippen molar-refractivity contribution in [2.75, 3.05) is 32.1 Å². The first-order chi connectivity index (χ1) is 9.66. The van der Waals surface area contributed by atoms with Crippen molar-refractivity contribution in [3.8, 4) is 5.75 Å². The van der Waals surface area contributed by atoms with Crippen molar-refractivity contribution in [3.05, 3.63) is 22.2 Å². The van der Waals surface area contributed by atoms with Crippen molar-refractivity contribution >= 4 is 23.2 Å². The summed E-state index contributed by atoms with van der Waals surface area (Å²) >= 11 is 6.10. The molecule has 2 heterocycles. The van der Waals surface area contributed by atoms with E-state index in [2.05, 4.69) is 10.2 Å². The van der Waals surface area contributed by atoms with Gasteiger partial charge in [0, 0.05) is 12.0 Å². The maximum absolute atomic E-state index is 12.3. The molecule has 0 radical (unpaired) electrons. The number of nitrogen functional groups attached to an aromatic ring is 1. The standard InChI is InChI=1S/C14H18ClN3O2/c15-11-7-10(13-9(12(11)16)3-6-20-13)14(19)17-8-18-4-1-2-5-18/h7H,1-6,8,16H2,(H,17,19). The van der Waals surface area contributed by atoms with Crippen LogP contribution in [-0.4, -0.2) is 37.2 Å². The largest absolute Gasteiger partial charge is 0.492 e. The van der Waals surface area contributed by atoms with Crippen molar-refractivity contribution in [3.63, 3.8) is 0 Å². The smallest absolute Gasteiger partial charge is 0.256 e. The minimum Gasteiger partial charge on any atom is -0.492 e. The molecule has 3 rings (SSSR count). The summed E-state index contributed by atoms with van der Waals surface area (Å²) in [6.07, 6.45) is 3.10. The number of rotatable bonds is 3. The van der Waals surface area contributed by atoms with Gasteiger partial charge in [0.2, 0.25) is 0 Å². The second kappa shape index (κ2) is 5.50. The number of nitrogens with zero attached hydrogens (tertiary/aromatic N) is 1. The van der Waals surface area contributed by atoms with Gasteiger partial charge in [0.05, 0.1) is 29.5 Å². The number of likely N-dealkylation sites (tertiary alicyclic amines) is 1. The number of nitrogens with one attached hydrogen (secondary N) is 1. The van der Waals surface area contributed by atoms with Crippen LogP contribution in [0.2, 0.25) is 5.02 Å². The summed E-state index contributed by atoms with van der Waals surface area (Å²) in [5.74, 6) is 0.433. The summed E-state index contributed by atoms with van der Waals surface area (Å²) < 4.78 is 5.55. The van der Waals surface area contributed by atoms with Crippen LogP contribution in [0.15, 0.2) is 6.07 Å². The molecule has 1 aromatic carbocycles. The molecule has 1 saturated heterocycles. The number of anilines is 1. The highest BCUT2D eigenvalue weighted by Gasteiger charge is 2.25. The van der Waals surface area contributed by atoms with Crippen LogP contribution >= 0.6 is 11.6 Å². The molecule has 0 bridgehead atoms. The Balaban J connectivity index is 1.77. The predicted octanol–water partition coefficient (Wildman–Crippen LogP) is 1.64. The first kappa shape index (κ1) is 13.5. The van der Waals surface area contributed by atoms with E-state index in [1.165, 1.54) is 12.8 Å². The Labute approximate surface area is 123 Å². The Hall–Kier alpha value is -1.46. The van der Waals surface area contributed by atoms with Gasteiger partial charge in [-0.25, -0.2) is 0 Å². The van der Waals surface area contributed by atoms with Gasteiger partial charge in [-0.3, -0.25) is 9.69 Å². The highest BCUT2D eigenvalue weighted by Crippen LogP contribution is 2.38. The van der Waals surface area contributed by atoms with E-state index in [4.69, 9.17) is 22.1 Å². The van der Waals surface area contributed by atoms with Gasteiger partial charge in [-0.2, -0.15) is 0 Å². The van der Waals surface area contributed by atoms with Gasteiger partial charge in [0.25, 0.3) is 5.91 Å². The topological polar surface area (TPSA) is 67.6 Å². The zero-order chi connectivity index (χ0) is 14.1. The van der Waals surface area contributed by atoms with Gasteiger partial charge in [-0.15, -0.1) is 0 Å². The Morgan fingerprint density at radius 2 is 2.20 bits per heavy atom. The number of ether oxygens (including phenoxy) is 1. The zero-order valence-electron chi connectivity index (χ0n) is 11.2. The van der Waals surface area contributed by atoms with Gasteiger partial charge in [0.15, 0.2) is 0 Å². The van der Waals surface area contributed by atoms with Crippen LogP contribution in [0.3, 0.4) is 0 Å². The molecule has 20 heavy (non-hydrogen) atoms. The van der Waals surface area contributed by atoms with E-state index in [1.54, 1.807) is 6.07 Å². The summed E-state index contributed by atoms with van der Waals surface area (Å²) in [5.41, 5.74) is 7.78. The van der Waals surface area contributed by atoms with E-state index in [-0.39, 0.29) is 5.91 Å². The van der Waals surface area contributed by atoms with E-state index in [0.717, 1.165) is 18.7 Å². The predicted molar refractivity (Wildman–Crippen MR) is 78.2 cm³/mol. The number of carbonyl (C=O) groups is 1. The number of benzene rings is 1. The summed E-state index contributed by atoms with van der Waals surface area (Å²) in [6, 6.07) is 1.60. The fourth-order valence-electron chi connectivity index (χ4n) is 2.76. The molecule has 3 N–H and O–H groups in total. The van der Waals surface area contributed by atoms with E-state index in [9.17, 15) is 4.79 Å². The number of nitrogens with two attached hydrogens (primary N) is 1. The van der Waals surface area contributed by atoms with Gasteiger partial charge in [-0.05, 0) is 32.0 Å². The average Bonchev–Trinajstić information content (AvgIpc) is 3.10. The van der Waals surface area contributed by atoms with Gasteiger partial charge < -0.3 is 15.8 Å². The molecule has 5 nitrogen and oxygen atoms in total. The molecule has 0 aliphatic carbocycles. The molecule has 0 atom stereocenters. The summed E-state index contributed by atoms with van der Waals surface area (Å²) in [4.78, 5) is 14.5. The quantitative estimate of drug-likeness (QED) is 0.832. The van der Waals surface area contributed by atoms with Crippen molar-refractivity contribution in [1.82, 2.24) is 10.2 Å². The average molecular weight is 296 g/mol. The zero-order valence-corrected chi connectivity index (χ0v) is 12.0. The van der Waals surface area contributed by atoms with Crippen molar-refractivity contribution in [1.29, 1.82) is 0 Å². The van der Waals surface area contributed by atoms with Crippen LogP contribution in [0, 0.1) is 0 Å². The van der Waals surface area contributed by atoms with Gasteiger partial charge in [-0.1, -0.05) is 11.6 Å². The Kier molecular flexibility index (Phi) is 3.72. The molecule has 2 aliphatic rings. The van der Waals surface area contributed by atoms with Crippen LogP contribution in [0.25, 0.3) is 0 Å². The maximum atomic E-state index is 12.3. The fourth-order valence-corrected chi connectivity index (χ4v) is 2.98. The van der Waals surface area contributed by atoms with E-state index in [0.29, 0.717) is 41.7 Å². The number of amides is 1.